The van der Waals surface area contributed by atoms with Crippen LogP contribution in [0.25, 0.3) is 0 Å². The van der Waals surface area contributed by atoms with Crippen molar-refractivity contribution in [3.63, 3.8) is 0 Å². The Balaban J connectivity index is 1.50. The van der Waals surface area contributed by atoms with E-state index in [9.17, 15) is 5.11 Å². The second-order valence-electron chi connectivity index (χ2n) is 6.08. The van der Waals surface area contributed by atoms with Gasteiger partial charge in [-0.25, -0.2) is 9.97 Å². The number of benzene rings is 1. The van der Waals surface area contributed by atoms with E-state index in [2.05, 4.69) is 44.0 Å². The van der Waals surface area contributed by atoms with Gasteiger partial charge in [-0.2, -0.15) is 0 Å². The summed E-state index contributed by atoms with van der Waals surface area (Å²) < 4.78 is 0. The smallest absolute Gasteiger partial charge is 0.225 e. The van der Waals surface area contributed by atoms with E-state index in [0.717, 1.165) is 26.1 Å². The van der Waals surface area contributed by atoms with Gasteiger partial charge in [-0.15, -0.1) is 0 Å². The van der Waals surface area contributed by atoms with Crippen LogP contribution in [-0.2, 0) is 13.0 Å². The summed E-state index contributed by atoms with van der Waals surface area (Å²) in [4.78, 5) is 13.1. The minimum absolute atomic E-state index is 0.150. The number of anilines is 1. The highest BCUT2D eigenvalue weighted by atomic mass is 16.3. The Hall–Kier alpha value is -1.98. The van der Waals surface area contributed by atoms with Crippen LogP contribution in [0.1, 0.15) is 11.1 Å². The van der Waals surface area contributed by atoms with Crippen LogP contribution < -0.4 is 4.90 Å². The van der Waals surface area contributed by atoms with Gasteiger partial charge < -0.3 is 10.0 Å². The topological polar surface area (TPSA) is 52.5 Å². The molecule has 22 heavy (non-hydrogen) atoms. The van der Waals surface area contributed by atoms with Crippen LogP contribution in [0.3, 0.4) is 0 Å². The third-order valence-electron chi connectivity index (χ3n) is 4.72. The highest BCUT2D eigenvalue weighted by molar-refractivity contribution is 5.34. The Bertz CT molecular complexity index is 648. The molecule has 0 saturated carbocycles. The molecule has 2 aliphatic rings. The molecule has 5 nitrogen and oxygen atoms in total. The van der Waals surface area contributed by atoms with Crippen molar-refractivity contribution < 1.29 is 5.11 Å². The predicted molar refractivity (Wildman–Crippen MR) is 84.6 cm³/mol. The van der Waals surface area contributed by atoms with Crippen molar-refractivity contribution in [2.75, 3.05) is 24.5 Å². The summed E-state index contributed by atoms with van der Waals surface area (Å²) in [5.41, 5.74) is 2.82. The standard InChI is InChI=1S/C17H20N4O/c22-16-12-21(17-18-7-3-8-19-17)11-15(16)20-9-6-13-4-1-2-5-14(13)10-20/h1-5,7-8,15-16,22H,6,9-12H2. The molecule has 0 radical (unpaired) electrons. The summed E-state index contributed by atoms with van der Waals surface area (Å²) in [7, 11) is 0. The number of aliphatic hydroxyl groups excluding tert-OH is 1. The van der Waals surface area contributed by atoms with Crippen molar-refractivity contribution in [3.05, 3.63) is 53.9 Å². The van der Waals surface area contributed by atoms with E-state index in [-0.39, 0.29) is 12.1 Å². The lowest BCUT2D eigenvalue weighted by Gasteiger charge is -2.34. The molecular weight excluding hydrogens is 276 g/mol. The SMILES string of the molecule is OC1CN(c2ncccn2)CC1N1CCc2ccccc2C1. The maximum absolute atomic E-state index is 10.5. The molecule has 2 atom stereocenters. The fourth-order valence-corrected chi connectivity index (χ4v) is 3.55. The van der Waals surface area contributed by atoms with Crippen molar-refractivity contribution >= 4 is 5.95 Å². The highest BCUT2D eigenvalue weighted by Gasteiger charge is 2.37. The molecule has 0 amide bonds. The zero-order chi connectivity index (χ0) is 14.9. The molecular formula is C17H20N4O. The van der Waals surface area contributed by atoms with E-state index in [1.807, 2.05) is 6.07 Å². The summed E-state index contributed by atoms with van der Waals surface area (Å²) in [5, 5.41) is 10.5. The van der Waals surface area contributed by atoms with Crippen LogP contribution in [0.5, 0.6) is 0 Å². The summed E-state index contributed by atoms with van der Waals surface area (Å²) in [6.45, 7) is 3.31. The van der Waals surface area contributed by atoms with E-state index < -0.39 is 0 Å². The van der Waals surface area contributed by atoms with E-state index >= 15 is 0 Å². The molecule has 2 aliphatic heterocycles. The molecule has 1 N–H and O–H groups in total. The van der Waals surface area contributed by atoms with Gasteiger partial charge in [0.1, 0.15) is 0 Å². The largest absolute Gasteiger partial charge is 0.390 e. The monoisotopic (exact) mass is 296 g/mol. The van der Waals surface area contributed by atoms with E-state index in [1.54, 1.807) is 12.4 Å². The number of rotatable bonds is 2. The van der Waals surface area contributed by atoms with Crippen molar-refractivity contribution in [2.24, 2.45) is 0 Å². The lowest BCUT2D eigenvalue weighted by molar-refractivity contribution is 0.0747. The van der Waals surface area contributed by atoms with Crippen molar-refractivity contribution in [1.29, 1.82) is 0 Å². The fraction of sp³-hybridized carbons (Fsp3) is 0.412. The van der Waals surface area contributed by atoms with Gasteiger partial charge in [-0.3, -0.25) is 4.90 Å². The normalized spacial score (nSPS) is 25.2. The molecule has 114 valence electrons. The van der Waals surface area contributed by atoms with Gasteiger partial charge in [0, 0.05) is 38.6 Å². The average Bonchev–Trinajstić information content (AvgIpc) is 2.97. The summed E-state index contributed by atoms with van der Waals surface area (Å²) >= 11 is 0. The third-order valence-corrected chi connectivity index (χ3v) is 4.72. The molecule has 1 aromatic carbocycles. The van der Waals surface area contributed by atoms with Crippen molar-refractivity contribution in [3.8, 4) is 0 Å². The van der Waals surface area contributed by atoms with Crippen LogP contribution in [-0.4, -0.2) is 51.8 Å². The van der Waals surface area contributed by atoms with Crippen molar-refractivity contribution in [1.82, 2.24) is 14.9 Å². The van der Waals surface area contributed by atoms with E-state index in [0.29, 0.717) is 12.5 Å². The van der Waals surface area contributed by atoms with Crippen LogP contribution in [0.15, 0.2) is 42.7 Å². The van der Waals surface area contributed by atoms with Gasteiger partial charge in [0.25, 0.3) is 0 Å². The van der Waals surface area contributed by atoms with Crippen LogP contribution in [0, 0.1) is 0 Å². The molecule has 0 spiro atoms. The Kier molecular flexibility index (Phi) is 3.52. The molecule has 2 aromatic rings. The number of hydrogen-bond acceptors (Lipinski definition) is 5. The third kappa shape index (κ3) is 2.46. The maximum Gasteiger partial charge on any atom is 0.225 e. The first kappa shape index (κ1) is 13.7. The minimum atomic E-state index is -0.353. The first-order valence-corrected chi connectivity index (χ1v) is 7.82. The summed E-state index contributed by atoms with van der Waals surface area (Å²) in [6, 6.07) is 10.6. The van der Waals surface area contributed by atoms with Gasteiger partial charge in [-0.1, -0.05) is 24.3 Å². The van der Waals surface area contributed by atoms with Crippen LogP contribution in [0.2, 0.25) is 0 Å². The minimum Gasteiger partial charge on any atom is -0.390 e. The lowest BCUT2D eigenvalue weighted by Crippen LogP contribution is -2.45. The Morgan fingerprint density at radius 3 is 2.59 bits per heavy atom. The molecule has 1 aromatic heterocycles. The summed E-state index contributed by atoms with van der Waals surface area (Å²) in [5.74, 6) is 0.710. The Labute approximate surface area is 130 Å². The maximum atomic E-state index is 10.5. The molecule has 0 bridgehead atoms. The zero-order valence-corrected chi connectivity index (χ0v) is 12.5. The van der Waals surface area contributed by atoms with Crippen LogP contribution in [0.4, 0.5) is 5.95 Å². The van der Waals surface area contributed by atoms with Gasteiger partial charge in [0.05, 0.1) is 12.1 Å². The van der Waals surface area contributed by atoms with Gasteiger partial charge in [-0.05, 0) is 23.6 Å². The first-order valence-electron chi connectivity index (χ1n) is 7.82. The molecule has 4 rings (SSSR count). The predicted octanol–water partition coefficient (Wildman–Crippen LogP) is 1.08. The number of aliphatic hydroxyl groups is 1. The summed E-state index contributed by atoms with van der Waals surface area (Å²) in [6.07, 6.45) is 4.20. The quantitative estimate of drug-likeness (QED) is 0.899. The zero-order valence-electron chi connectivity index (χ0n) is 12.5. The number of nitrogens with zero attached hydrogens (tertiary/aromatic N) is 4. The Morgan fingerprint density at radius 1 is 1.00 bits per heavy atom. The van der Waals surface area contributed by atoms with Gasteiger partial charge in [0.2, 0.25) is 5.95 Å². The highest BCUT2D eigenvalue weighted by Crippen LogP contribution is 2.26. The Morgan fingerprint density at radius 2 is 1.77 bits per heavy atom. The molecule has 1 saturated heterocycles. The van der Waals surface area contributed by atoms with Gasteiger partial charge >= 0.3 is 0 Å². The number of aromatic nitrogens is 2. The molecule has 2 unspecified atom stereocenters. The number of β-amino-alcohol motifs (C(OH)–C–C–N with tert-alkyl or cyclic N) is 1. The van der Waals surface area contributed by atoms with Crippen LogP contribution >= 0.6 is 0 Å². The fourth-order valence-electron chi connectivity index (χ4n) is 3.55. The molecule has 0 aliphatic carbocycles. The van der Waals surface area contributed by atoms with E-state index in [4.69, 9.17) is 0 Å². The first-order chi connectivity index (χ1) is 10.8. The van der Waals surface area contributed by atoms with E-state index in [1.165, 1.54) is 11.1 Å². The molecule has 1 fully saturated rings. The lowest BCUT2D eigenvalue weighted by atomic mass is 9.98. The molecule has 3 heterocycles. The second-order valence-corrected chi connectivity index (χ2v) is 6.08. The van der Waals surface area contributed by atoms with Crippen molar-refractivity contribution in [2.45, 2.75) is 25.1 Å². The second kappa shape index (κ2) is 5.66. The molecule has 5 heteroatoms. The number of hydrogen-bond donors (Lipinski definition) is 1. The average molecular weight is 296 g/mol. The number of fused-ring (bicyclic) bond motifs is 1. The van der Waals surface area contributed by atoms with Gasteiger partial charge in [0.15, 0.2) is 0 Å².